The fraction of sp³-hybridized carbons (Fsp3) is 0.0588. The van der Waals surface area contributed by atoms with Gasteiger partial charge < -0.3 is 9.97 Å². The van der Waals surface area contributed by atoms with Gasteiger partial charge in [-0.1, -0.05) is 45.8 Å². The molecule has 0 fully saturated rings. The minimum atomic E-state index is 0.0924. The van der Waals surface area contributed by atoms with Crippen molar-refractivity contribution < 1.29 is 0 Å². The van der Waals surface area contributed by atoms with Gasteiger partial charge in [0.15, 0.2) is 0 Å². The molecule has 1 atom stereocenters. The summed E-state index contributed by atoms with van der Waals surface area (Å²) in [7, 11) is 2.62. The highest BCUT2D eigenvalue weighted by atomic mass is 31.0. The van der Waals surface area contributed by atoms with Gasteiger partial charge in [-0.05, 0) is 35.0 Å². The van der Waals surface area contributed by atoms with E-state index in [-0.39, 0.29) is 6.04 Å². The van der Waals surface area contributed by atoms with E-state index in [0.717, 1.165) is 22.4 Å². The summed E-state index contributed by atoms with van der Waals surface area (Å²) in [5, 5.41) is 5.77. The Morgan fingerprint density at radius 1 is 0.762 bits per heavy atom. The zero-order valence-electron chi connectivity index (χ0n) is 11.4. The van der Waals surface area contributed by atoms with Crippen LogP contribution in [0.25, 0.3) is 21.8 Å². The van der Waals surface area contributed by atoms with Gasteiger partial charge in [-0.2, -0.15) is 0 Å². The summed E-state index contributed by atoms with van der Waals surface area (Å²) < 4.78 is 0. The van der Waals surface area contributed by atoms with Crippen LogP contribution in [0.3, 0.4) is 0 Å². The van der Waals surface area contributed by atoms with Crippen molar-refractivity contribution >= 4 is 31.2 Å². The number of benzene rings is 2. The number of para-hydroxylation sites is 2. The van der Waals surface area contributed by atoms with E-state index in [1.165, 1.54) is 10.8 Å². The largest absolute Gasteiger partial charge is 0.357 e. The zero-order valence-corrected chi connectivity index (χ0v) is 12.6. The van der Waals surface area contributed by atoms with Gasteiger partial charge in [-0.25, -0.2) is 0 Å². The maximum Gasteiger partial charge on any atom is 0.0909 e. The van der Waals surface area contributed by atoms with Gasteiger partial charge in [0.05, 0.1) is 6.04 Å². The highest BCUT2D eigenvalue weighted by Crippen LogP contribution is 2.28. The lowest BCUT2D eigenvalue weighted by atomic mass is 10.1. The SMILES string of the molecule is PNC(c1cc2ccccc2[nH]1)c1cc2ccccc2[nH]1. The Balaban J connectivity index is 1.83. The molecule has 0 aliphatic rings. The Morgan fingerprint density at radius 2 is 1.24 bits per heavy atom. The first-order chi connectivity index (χ1) is 10.3. The molecule has 0 saturated heterocycles. The summed E-state index contributed by atoms with van der Waals surface area (Å²) in [6.45, 7) is 0. The summed E-state index contributed by atoms with van der Waals surface area (Å²) in [6.07, 6.45) is 0. The zero-order chi connectivity index (χ0) is 14.2. The van der Waals surface area contributed by atoms with Gasteiger partial charge in [-0.3, -0.25) is 5.09 Å². The maximum absolute atomic E-state index is 3.49. The van der Waals surface area contributed by atoms with E-state index in [2.05, 4.69) is 85.1 Å². The monoisotopic (exact) mass is 293 g/mol. The molecule has 4 rings (SSSR count). The summed E-state index contributed by atoms with van der Waals surface area (Å²) in [5.41, 5.74) is 4.62. The Morgan fingerprint density at radius 3 is 1.67 bits per heavy atom. The first-order valence-electron chi connectivity index (χ1n) is 6.96. The summed E-state index contributed by atoms with van der Waals surface area (Å²) in [5.74, 6) is 0. The molecule has 0 spiro atoms. The highest BCUT2D eigenvalue weighted by molar-refractivity contribution is 7.13. The third kappa shape index (κ3) is 2.15. The standard InChI is InChI=1S/C17H16N3P/c21-20-17(15-9-11-5-1-3-7-13(11)18-15)16-10-12-6-2-4-8-14(12)19-16/h1-10,17-20H,21H2. The molecule has 2 heterocycles. The molecule has 104 valence electrons. The van der Waals surface area contributed by atoms with E-state index in [0.29, 0.717) is 0 Å². The van der Waals surface area contributed by atoms with Crippen LogP contribution in [0.4, 0.5) is 0 Å². The Kier molecular flexibility index (Phi) is 3.03. The molecule has 0 aliphatic carbocycles. The first-order valence-corrected chi connectivity index (χ1v) is 7.54. The molecule has 2 aromatic heterocycles. The van der Waals surface area contributed by atoms with Crippen LogP contribution in [0, 0.1) is 0 Å². The molecule has 4 aromatic rings. The molecule has 2 aromatic carbocycles. The van der Waals surface area contributed by atoms with Crippen LogP contribution in [-0.2, 0) is 0 Å². The van der Waals surface area contributed by atoms with Gasteiger partial charge in [0.1, 0.15) is 0 Å². The summed E-state index contributed by atoms with van der Waals surface area (Å²) in [4.78, 5) is 6.99. The van der Waals surface area contributed by atoms with Crippen molar-refractivity contribution in [2.45, 2.75) is 6.04 Å². The number of fused-ring (bicyclic) bond motifs is 2. The second-order valence-electron chi connectivity index (χ2n) is 5.22. The maximum atomic E-state index is 3.49. The van der Waals surface area contributed by atoms with Crippen molar-refractivity contribution in [2.24, 2.45) is 0 Å². The van der Waals surface area contributed by atoms with E-state index >= 15 is 0 Å². The molecule has 21 heavy (non-hydrogen) atoms. The molecule has 4 heteroatoms. The molecule has 3 N–H and O–H groups in total. The quantitative estimate of drug-likeness (QED) is 0.489. The smallest absolute Gasteiger partial charge is 0.0909 e. The minimum absolute atomic E-state index is 0.0924. The van der Waals surface area contributed by atoms with Gasteiger partial charge in [0.2, 0.25) is 0 Å². The van der Waals surface area contributed by atoms with Crippen molar-refractivity contribution in [3.8, 4) is 0 Å². The molecule has 0 radical (unpaired) electrons. The second-order valence-corrected chi connectivity index (χ2v) is 5.56. The van der Waals surface area contributed by atoms with Gasteiger partial charge in [0, 0.05) is 22.4 Å². The predicted octanol–water partition coefficient (Wildman–Crippen LogP) is 4.12. The van der Waals surface area contributed by atoms with Crippen LogP contribution in [0.2, 0.25) is 0 Å². The molecule has 0 aliphatic heterocycles. The van der Waals surface area contributed by atoms with Crippen LogP contribution in [0.15, 0.2) is 60.7 Å². The molecule has 3 nitrogen and oxygen atoms in total. The number of H-pyrrole nitrogens is 2. The van der Waals surface area contributed by atoms with Crippen molar-refractivity contribution in [3.05, 3.63) is 72.1 Å². The Bertz CT molecular complexity index is 766. The molecule has 1 unspecified atom stereocenters. The molecule has 0 bridgehead atoms. The van der Waals surface area contributed by atoms with Crippen molar-refractivity contribution in [1.82, 2.24) is 15.1 Å². The van der Waals surface area contributed by atoms with Crippen LogP contribution in [-0.4, -0.2) is 9.97 Å². The minimum Gasteiger partial charge on any atom is -0.357 e. The lowest BCUT2D eigenvalue weighted by molar-refractivity contribution is 0.759. The van der Waals surface area contributed by atoms with Gasteiger partial charge in [0.25, 0.3) is 0 Å². The summed E-state index contributed by atoms with van der Waals surface area (Å²) >= 11 is 0. The molecular formula is C17H16N3P. The van der Waals surface area contributed by atoms with Crippen LogP contribution >= 0.6 is 9.39 Å². The van der Waals surface area contributed by atoms with Crippen molar-refractivity contribution in [2.75, 3.05) is 0 Å². The number of aromatic nitrogens is 2. The number of aromatic amines is 2. The molecule has 0 saturated carbocycles. The Labute approximate surface area is 125 Å². The number of hydrogen-bond donors (Lipinski definition) is 3. The van der Waals surface area contributed by atoms with Crippen LogP contribution < -0.4 is 5.09 Å². The van der Waals surface area contributed by atoms with E-state index in [9.17, 15) is 0 Å². The van der Waals surface area contributed by atoms with Gasteiger partial charge >= 0.3 is 0 Å². The average molecular weight is 293 g/mol. The topological polar surface area (TPSA) is 43.6 Å². The lowest BCUT2D eigenvalue weighted by Crippen LogP contribution is -2.13. The average Bonchev–Trinajstić information content (AvgIpc) is 3.11. The number of rotatable bonds is 3. The van der Waals surface area contributed by atoms with E-state index in [1.54, 1.807) is 0 Å². The van der Waals surface area contributed by atoms with E-state index in [1.807, 2.05) is 0 Å². The Hall–Kier alpha value is -2.09. The molecular weight excluding hydrogens is 277 g/mol. The highest BCUT2D eigenvalue weighted by Gasteiger charge is 2.16. The van der Waals surface area contributed by atoms with Crippen LogP contribution in [0.1, 0.15) is 17.4 Å². The number of nitrogens with one attached hydrogen (secondary N) is 3. The molecule has 0 amide bonds. The fourth-order valence-corrected chi connectivity index (χ4v) is 3.21. The first kappa shape index (κ1) is 12.6. The second kappa shape index (κ2) is 5.03. The predicted molar refractivity (Wildman–Crippen MR) is 91.3 cm³/mol. The van der Waals surface area contributed by atoms with E-state index in [4.69, 9.17) is 0 Å². The third-order valence-corrected chi connectivity index (χ3v) is 4.22. The third-order valence-electron chi connectivity index (χ3n) is 3.89. The van der Waals surface area contributed by atoms with E-state index < -0.39 is 0 Å². The van der Waals surface area contributed by atoms with Crippen LogP contribution in [0.5, 0.6) is 0 Å². The van der Waals surface area contributed by atoms with Gasteiger partial charge in [-0.15, -0.1) is 0 Å². The fourth-order valence-electron chi connectivity index (χ4n) is 2.85. The van der Waals surface area contributed by atoms with Crippen molar-refractivity contribution in [1.29, 1.82) is 0 Å². The lowest BCUT2D eigenvalue weighted by Gasteiger charge is -2.12. The normalized spacial score (nSPS) is 11.7. The summed E-state index contributed by atoms with van der Waals surface area (Å²) in [6, 6.07) is 21.2. The number of hydrogen-bond acceptors (Lipinski definition) is 1. The van der Waals surface area contributed by atoms with Crippen molar-refractivity contribution in [3.63, 3.8) is 0 Å².